The van der Waals surface area contributed by atoms with Gasteiger partial charge in [0.25, 0.3) is 0 Å². The van der Waals surface area contributed by atoms with Crippen LogP contribution in [0.15, 0.2) is 28.7 Å². The van der Waals surface area contributed by atoms with Crippen molar-refractivity contribution in [2.24, 2.45) is 0 Å². The number of ketones is 1. The summed E-state index contributed by atoms with van der Waals surface area (Å²) < 4.78 is 1.09. The Kier molecular flexibility index (Phi) is 4.03. The molecule has 0 bridgehead atoms. The van der Waals surface area contributed by atoms with Crippen molar-refractivity contribution in [2.75, 3.05) is 0 Å². The highest BCUT2D eigenvalue weighted by Crippen LogP contribution is 2.37. The number of hydrogen-bond donors (Lipinski definition) is 0. The lowest BCUT2D eigenvalue weighted by molar-refractivity contribution is 0.0992. The van der Waals surface area contributed by atoms with Crippen molar-refractivity contribution in [3.8, 4) is 10.4 Å². The zero-order valence-electron chi connectivity index (χ0n) is 10.7. The molecule has 94 valence electrons. The third kappa shape index (κ3) is 2.57. The highest BCUT2D eigenvalue weighted by Gasteiger charge is 2.12. The molecule has 2 aromatic rings. The normalized spacial score (nSPS) is 10.7. The number of aryl methyl sites for hydroxylation is 2. The molecule has 0 fully saturated rings. The first-order valence-corrected chi connectivity index (χ1v) is 7.54. The van der Waals surface area contributed by atoms with Crippen molar-refractivity contribution in [1.29, 1.82) is 0 Å². The number of rotatable bonds is 3. The predicted molar refractivity (Wildman–Crippen MR) is 81.6 cm³/mol. The fourth-order valence-electron chi connectivity index (χ4n) is 2.02. The van der Waals surface area contributed by atoms with Crippen LogP contribution in [-0.2, 0) is 0 Å². The summed E-state index contributed by atoms with van der Waals surface area (Å²) in [7, 11) is 0. The summed E-state index contributed by atoms with van der Waals surface area (Å²) in [5.41, 5.74) is 3.67. The topological polar surface area (TPSA) is 17.1 Å². The van der Waals surface area contributed by atoms with Crippen molar-refractivity contribution in [3.05, 3.63) is 44.7 Å². The van der Waals surface area contributed by atoms with Crippen LogP contribution in [-0.4, -0.2) is 5.78 Å². The van der Waals surface area contributed by atoms with E-state index < -0.39 is 0 Å². The molecule has 0 N–H and O–H groups in total. The molecule has 0 radical (unpaired) electrons. The second-order valence-corrected chi connectivity index (χ2v) is 6.32. The molecule has 0 amide bonds. The third-order valence-corrected chi connectivity index (χ3v) is 4.65. The maximum Gasteiger partial charge on any atom is 0.172 e. The maximum atomic E-state index is 11.7. The van der Waals surface area contributed by atoms with Crippen LogP contribution in [0.4, 0.5) is 0 Å². The fourth-order valence-corrected chi connectivity index (χ4v) is 4.18. The third-order valence-electron chi connectivity index (χ3n) is 2.88. The first kappa shape index (κ1) is 13.5. The number of halogens is 1. The zero-order valence-corrected chi connectivity index (χ0v) is 13.1. The minimum absolute atomic E-state index is 0.215. The van der Waals surface area contributed by atoms with Gasteiger partial charge in [-0.3, -0.25) is 4.79 Å². The van der Waals surface area contributed by atoms with Crippen LogP contribution in [0.25, 0.3) is 10.4 Å². The molecule has 2 rings (SSSR count). The Balaban J connectivity index is 2.49. The molecular weight excluding hydrogens is 308 g/mol. The fraction of sp³-hybridized carbons (Fsp3) is 0.267. The molecular formula is C15H15BrOS. The van der Waals surface area contributed by atoms with Gasteiger partial charge in [-0.25, -0.2) is 0 Å². The van der Waals surface area contributed by atoms with Gasteiger partial charge in [-0.15, -0.1) is 11.3 Å². The van der Waals surface area contributed by atoms with E-state index in [4.69, 9.17) is 0 Å². The van der Waals surface area contributed by atoms with Gasteiger partial charge in [0.05, 0.1) is 4.88 Å². The lowest BCUT2D eigenvalue weighted by Crippen LogP contribution is -1.90. The molecule has 1 aromatic heterocycles. The number of carbonyl (C=O) groups excluding carboxylic acids is 1. The molecule has 0 atom stereocenters. The second-order valence-electron chi connectivity index (χ2n) is 4.38. The number of carbonyl (C=O) groups is 1. The monoisotopic (exact) mass is 322 g/mol. The lowest BCUT2D eigenvalue weighted by atomic mass is 10.0. The minimum atomic E-state index is 0.215. The van der Waals surface area contributed by atoms with Crippen molar-refractivity contribution < 1.29 is 4.79 Å². The summed E-state index contributed by atoms with van der Waals surface area (Å²) in [4.78, 5) is 13.7. The summed E-state index contributed by atoms with van der Waals surface area (Å²) in [5.74, 6) is 0.215. The maximum absolute atomic E-state index is 11.7. The molecule has 0 saturated heterocycles. The summed E-state index contributed by atoms with van der Waals surface area (Å²) >= 11 is 5.19. The average molecular weight is 323 g/mol. The van der Waals surface area contributed by atoms with E-state index in [2.05, 4.69) is 41.9 Å². The Morgan fingerprint density at radius 1 is 1.28 bits per heavy atom. The summed E-state index contributed by atoms with van der Waals surface area (Å²) in [6, 6.07) is 8.25. The van der Waals surface area contributed by atoms with E-state index in [-0.39, 0.29) is 5.78 Å². The second kappa shape index (κ2) is 5.37. The zero-order chi connectivity index (χ0) is 13.3. The van der Waals surface area contributed by atoms with E-state index in [0.29, 0.717) is 6.42 Å². The molecule has 1 heterocycles. The van der Waals surface area contributed by atoms with Crippen LogP contribution in [0.3, 0.4) is 0 Å². The largest absolute Gasteiger partial charge is 0.293 e. The number of Topliss-reactive ketones (excluding diaryl/α,β-unsaturated/α-hetero) is 1. The van der Waals surface area contributed by atoms with Gasteiger partial charge in [0.1, 0.15) is 0 Å². The molecule has 18 heavy (non-hydrogen) atoms. The molecule has 0 aliphatic heterocycles. The van der Waals surface area contributed by atoms with Crippen LogP contribution in [0.5, 0.6) is 0 Å². The van der Waals surface area contributed by atoms with Crippen molar-refractivity contribution >= 4 is 33.0 Å². The van der Waals surface area contributed by atoms with Crippen molar-refractivity contribution in [3.63, 3.8) is 0 Å². The van der Waals surface area contributed by atoms with E-state index in [1.165, 1.54) is 16.7 Å². The lowest BCUT2D eigenvalue weighted by Gasteiger charge is -2.08. The van der Waals surface area contributed by atoms with E-state index in [0.717, 1.165) is 14.2 Å². The van der Waals surface area contributed by atoms with Gasteiger partial charge in [-0.1, -0.05) is 28.9 Å². The molecule has 0 aliphatic carbocycles. The summed E-state index contributed by atoms with van der Waals surface area (Å²) in [6.45, 7) is 6.09. The van der Waals surface area contributed by atoms with Gasteiger partial charge in [-0.05, 0) is 43.2 Å². The van der Waals surface area contributed by atoms with Crippen LogP contribution in [0.2, 0.25) is 0 Å². The van der Waals surface area contributed by atoms with Crippen LogP contribution >= 0.6 is 27.3 Å². The first-order chi connectivity index (χ1) is 8.52. The Labute approximate surface area is 120 Å². The molecule has 3 heteroatoms. The van der Waals surface area contributed by atoms with Gasteiger partial charge >= 0.3 is 0 Å². The van der Waals surface area contributed by atoms with Gasteiger partial charge < -0.3 is 0 Å². The highest BCUT2D eigenvalue weighted by atomic mass is 79.9. The van der Waals surface area contributed by atoms with E-state index >= 15 is 0 Å². The van der Waals surface area contributed by atoms with E-state index in [9.17, 15) is 4.79 Å². The number of hydrogen-bond acceptors (Lipinski definition) is 2. The molecule has 1 aromatic carbocycles. The van der Waals surface area contributed by atoms with Crippen LogP contribution in [0, 0.1) is 13.8 Å². The average Bonchev–Trinajstić information content (AvgIpc) is 2.76. The Morgan fingerprint density at radius 3 is 2.61 bits per heavy atom. The quantitative estimate of drug-likeness (QED) is 0.692. The standard InChI is InChI=1S/C15H15BrOS/c1-4-12(17)13-5-6-14(18-13)15-10(3)7-9(2)8-11(15)16/h5-8H,4H2,1-3H3. The Morgan fingerprint density at radius 2 is 2.00 bits per heavy atom. The molecule has 0 unspecified atom stereocenters. The van der Waals surface area contributed by atoms with Gasteiger partial charge in [-0.2, -0.15) is 0 Å². The van der Waals surface area contributed by atoms with Crippen molar-refractivity contribution in [1.82, 2.24) is 0 Å². The van der Waals surface area contributed by atoms with Crippen molar-refractivity contribution in [2.45, 2.75) is 27.2 Å². The minimum Gasteiger partial charge on any atom is -0.293 e. The first-order valence-electron chi connectivity index (χ1n) is 5.93. The molecule has 0 saturated carbocycles. The SMILES string of the molecule is CCC(=O)c1ccc(-c2c(C)cc(C)cc2Br)s1. The van der Waals surface area contributed by atoms with Crippen LogP contribution < -0.4 is 0 Å². The van der Waals surface area contributed by atoms with E-state index in [1.807, 2.05) is 19.1 Å². The van der Waals surface area contributed by atoms with Gasteiger partial charge in [0.15, 0.2) is 5.78 Å². The van der Waals surface area contributed by atoms with Gasteiger partial charge in [0, 0.05) is 21.3 Å². The van der Waals surface area contributed by atoms with Gasteiger partial charge in [0.2, 0.25) is 0 Å². The smallest absolute Gasteiger partial charge is 0.172 e. The van der Waals surface area contributed by atoms with E-state index in [1.54, 1.807) is 11.3 Å². The molecule has 0 aliphatic rings. The highest BCUT2D eigenvalue weighted by molar-refractivity contribution is 9.10. The van der Waals surface area contributed by atoms with Crippen LogP contribution in [0.1, 0.15) is 34.1 Å². The summed E-state index contributed by atoms with van der Waals surface area (Å²) in [5, 5.41) is 0. The predicted octanol–water partition coefficient (Wildman–Crippen LogP) is 5.39. The number of benzene rings is 1. The molecule has 0 spiro atoms. The Hall–Kier alpha value is -0.930. The number of thiophene rings is 1. The summed E-state index contributed by atoms with van der Waals surface area (Å²) in [6.07, 6.45) is 0.563. The molecule has 1 nitrogen and oxygen atoms in total. The Bertz CT molecular complexity index is 575.